The third-order valence-corrected chi connectivity index (χ3v) is 4.62. The zero-order valence-corrected chi connectivity index (χ0v) is 12.5. The summed E-state index contributed by atoms with van der Waals surface area (Å²) in [5.41, 5.74) is 0.827. The zero-order chi connectivity index (χ0) is 14.2. The fourth-order valence-corrected chi connectivity index (χ4v) is 3.57. The molecule has 1 aliphatic rings. The van der Waals surface area contributed by atoms with E-state index in [4.69, 9.17) is 20.8 Å². The summed E-state index contributed by atoms with van der Waals surface area (Å²) in [7, 11) is 0. The van der Waals surface area contributed by atoms with Crippen LogP contribution in [0.3, 0.4) is 0 Å². The number of hydrogen-bond acceptors (Lipinski definition) is 7. The quantitative estimate of drug-likeness (QED) is 0.676. The van der Waals surface area contributed by atoms with E-state index in [-0.39, 0.29) is 5.28 Å². The maximum atomic E-state index is 6.07. The smallest absolute Gasteiger partial charge is 0.224 e. The number of rotatable bonds is 2. The Labute approximate surface area is 129 Å². The van der Waals surface area contributed by atoms with Crippen LogP contribution in [0.15, 0.2) is 23.1 Å². The van der Waals surface area contributed by atoms with Crippen molar-refractivity contribution in [2.45, 2.75) is 0 Å². The van der Waals surface area contributed by atoms with Crippen LogP contribution in [0.2, 0.25) is 5.28 Å². The highest BCUT2D eigenvalue weighted by Gasteiger charge is 2.20. The van der Waals surface area contributed by atoms with Crippen molar-refractivity contribution < 1.29 is 9.15 Å². The van der Waals surface area contributed by atoms with Crippen LogP contribution in [0.4, 0.5) is 5.82 Å². The van der Waals surface area contributed by atoms with E-state index in [9.17, 15) is 0 Å². The standard InChI is InChI=1S/C13H11ClN4O2S/c14-13-16-8-5-10(9-6-15-7-20-9)21-11(8)12(17-13)18-1-3-19-4-2-18/h5-7H,1-4H2. The molecule has 0 N–H and O–H groups in total. The molecular weight excluding hydrogens is 312 g/mol. The first kappa shape index (κ1) is 13.0. The van der Waals surface area contributed by atoms with Crippen molar-refractivity contribution >= 4 is 39.0 Å². The normalized spacial score (nSPS) is 15.8. The minimum Gasteiger partial charge on any atom is -0.443 e. The van der Waals surface area contributed by atoms with Gasteiger partial charge < -0.3 is 14.1 Å². The Bertz CT molecular complexity index is 768. The van der Waals surface area contributed by atoms with Gasteiger partial charge in [-0.3, -0.25) is 0 Å². The van der Waals surface area contributed by atoms with E-state index in [2.05, 4.69) is 19.9 Å². The molecule has 21 heavy (non-hydrogen) atoms. The maximum Gasteiger partial charge on any atom is 0.224 e. The first-order valence-corrected chi connectivity index (χ1v) is 7.69. The molecule has 6 nitrogen and oxygen atoms in total. The molecule has 3 aromatic heterocycles. The second kappa shape index (κ2) is 5.25. The third-order valence-electron chi connectivity index (χ3n) is 3.31. The topological polar surface area (TPSA) is 64.3 Å². The molecule has 0 bridgehead atoms. The number of halogens is 1. The highest BCUT2D eigenvalue weighted by molar-refractivity contribution is 7.22. The molecule has 0 amide bonds. The van der Waals surface area contributed by atoms with Crippen LogP contribution in [-0.4, -0.2) is 41.3 Å². The summed E-state index contributed by atoms with van der Waals surface area (Å²) in [4.78, 5) is 15.8. The Morgan fingerprint density at radius 3 is 2.86 bits per heavy atom. The van der Waals surface area contributed by atoms with Gasteiger partial charge in [0.2, 0.25) is 5.28 Å². The Balaban J connectivity index is 1.85. The van der Waals surface area contributed by atoms with Crippen molar-refractivity contribution in [1.82, 2.24) is 15.0 Å². The largest absolute Gasteiger partial charge is 0.443 e. The summed E-state index contributed by atoms with van der Waals surface area (Å²) >= 11 is 7.65. The summed E-state index contributed by atoms with van der Waals surface area (Å²) in [6.45, 7) is 3.00. The van der Waals surface area contributed by atoms with Gasteiger partial charge in [0.1, 0.15) is 0 Å². The summed E-state index contributed by atoms with van der Waals surface area (Å²) in [6.07, 6.45) is 3.11. The van der Waals surface area contributed by atoms with Crippen molar-refractivity contribution in [2.75, 3.05) is 31.2 Å². The van der Waals surface area contributed by atoms with Crippen molar-refractivity contribution in [3.63, 3.8) is 0 Å². The van der Waals surface area contributed by atoms with E-state index in [0.717, 1.165) is 39.8 Å². The van der Waals surface area contributed by atoms with Crippen molar-refractivity contribution in [3.05, 3.63) is 23.9 Å². The number of nitrogens with zero attached hydrogens (tertiary/aromatic N) is 4. The average Bonchev–Trinajstić information content (AvgIpc) is 3.16. The Hall–Kier alpha value is -1.70. The van der Waals surface area contributed by atoms with Crippen LogP contribution < -0.4 is 4.90 Å². The van der Waals surface area contributed by atoms with Gasteiger partial charge in [0.25, 0.3) is 0 Å². The Morgan fingerprint density at radius 1 is 1.24 bits per heavy atom. The molecule has 0 spiro atoms. The highest BCUT2D eigenvalue weighted by atomic mass is 35.5. The molecule has 4 rings (SSSR count). The van der Waals surface area contributed by atoms with Crippen LogP contribution in [0.25, 0.3) is 20.9 Å². The van der Waals surface area contributed by atoms with Gasteiger partial charge in [-0.15, -0.1) is 11.3 Å². The van der Waals surface area contributed by atoms with E-state index in [1.807, 2.05) is 6.07 Å². The predicted octanol–water partition coefficient (Wildman–Crippen LogP) is 2.84. The maximum absolute atomic E-state index is 6.07. The number of anilines is 1. The molecule has 0 aliphatic carbocycles. The van der Waals surface area contributed by atoms with Gasteiger partial charge in [0, 0.05) is 13.1 Å². The van der Waals surface area contributed by atoms with E-state index < -0.39 is 0 Å². The molecule has 8 heteroatoms. The molecule has 1 aliphatic heterocycles. The fraction of sp³-hybridized carbons (Fsp3) is 0.308. The summed E-state index contributed by atoms with van der Waals surface area (Å²) < 4.78 is 11.7. The number of fused-ring (bicyclic) bond motifs is 1. The van der Waals surface area contributed by atoms with Gasteiger partial charge in [-0.2, -0.15) is 4.98 Å². The van der Waals surface area contributed by atoms with Gasteiger partial charge in [0.15, 0.2) is 18.0 Å². The monoisotopic (exact) mass is 322 g/mol. The number of oxazole rings is 1. The second-order valence-electron chi connectivity index (χ2n) is 4.61. The van der Waals surface area contributed by atoms with E-state index in [1.165, 1.54) is 6.39 Å². The molecule has 1 saturated heterocycles. The minimum atomic E-state index is 0.255. The lowest BCUT2D eigenvalue weighted by molar-refractivity contribution is 0.122. The summed E-state index contributed by atoms with van der Waals surface area (Å²) in [5, 5.41) is 0.255. The van der Waals surface area contributed by atoms with E-state index in [0.29, 0.717) is 13.2 Å². The molecule has 108 valence electrons. The van der Waals surface area contributed by atoms with Crippen molar-refractivity contribution in [3.8, 4) is 10.6 Å². The lowest BCUT2D eigenvalue weighted by Gasteiger charge is -2.28. The molecule has 4 heterocycles. The fourth-order valence-electron chi connectivity index (χ4n) is 2.34. The summed E-state index contributed by atoms with van der Waals surface area (Å²) in [5.74, 6) is 1.59. The van der Waals surface area contributed by atoms with Crippen molar-refractivity contribution in [1.29, 1.82) is 0 Å². The summed E-state index contributed by atoms with van der Waals surface area (Å²) in [6, 6.07) is 1.96. The lowest BCUT2D eigenvalue weighted by Crippen LogP contribution is -2.36. The zero-order valence-electron chi connectivity index (χ0n) is 11.0. The van der Waals surface area contributed by atoms with Crippen LogP contribution in [0.5, 0.6) is 0 Å². The molecule has 1 fully saturated rings. The average molecular weight is 323 g/mol. The molecule has 0 radical (unpaired) electrons. The van der Waals surface area contributed by atoms with Gasteiger partial charge in [-0.25, -0.2) is 9.97 Å². The Morgan fingerprint density at radius 2 is 2.10 bits per heavy atom. The van der Waals surface area contributed by atoms with Crippen LogP contribution >= 0.6 is 22.9 Å². The van der Waals surface area contributed by atoms with E-state index >= 15 is 0 Å². The molecule has 0 saturated carbocycles. The first-order chi connectivity index (χ1) is 10.3. The number of morpholine rings is 1. The first-order valence-electron chi connectivity index (χ1n) is 6.50. The number of thiophene rings is 1. The van der Waals surface area contributed by atoms with Crippen molar-refractivity contribution in [2.24, 2.45) is 0 Å². The molecular formula is C13H11ClN4O2S. The predicted molar refractivity (Wildman–Crippen MR) is 81.0 cm³/mol. The van der Waals surface area contributed by atoms with E-state index in [1.54, 1.807) is 17.5 Å². The Kier molecular flexibility index (Phi) is 3.25. The lowest BCUT2D eigenvalue weighted by atomic mass is 10.3. The SMILES string of the molecule is Clc1nc(N2CCOCC2)c2sc(-c3cnco3)cc2n1. The number of ether oxygens (including phenoxy) is 1. The molecule has 3 aromatic rings. The van der Waals surface area contributed by atoms with Crippen LogP contribution in [0.1, 0.15) is 0 Å². The molecule has 0 atom stereocenters. The molecule has 0 unspecified atom stereocenters. The van der Waals surface area contributed by atoms with Crippen LogP contribution in [0, 0.1) is 0 Å². The van der Waals surface area contributed by atoms with Gasteiger partial charge in [-0.1, -0.05) is 0 Å². The third kappa shape index (κ3) is 2.37. The molecule has 0 aromatic carbocycles. The van der Waals surface area contributed by atoms with Crippen LogP contribution in [-0.2, 0) is 4.74 Å². The number of aromatic nitrogens is 3. The van der Waals surface area contributed by atoms with Gasteiger partial charge in [0.05, 0.1) is 34.5 Å². The minimum absolute atomic E-state index is 0.255. The highest BCUT2D eigenvalue weighted by Crippen LogP contribution is 2.37. The second-order valence-corrected chi connectivity index (χ2v) is 6.00. The van der Waals surface area contributed by atoms with Gasteiger partial charge >= 0.3 is 0 Å². The number of hydrogen-bond donors (Lipinski definition) is 0. The van der Waals surface area contributed by atoms with Gasteiger partial charge in [-0.05, 0) is 17.7 Å².